The van der Waals surface area contributed by atoms with Crippen LogP contribution in [0.15, 0.2) is 12.1 Å². The fourth-order valence-electron chi connectivity index (χ4n) is 4.48. The Morgan fingerprint density at radius 3 is 2.73 bits per heavy atom. The molecule has 1 amide bonds. The molecule has 0 radical (unpaired) electrons. The number of methoxy groups -OCH3 is 1. The smallest absolute Gasteiger partial charge is 0.226 e. The standard InChI is InChI=1S/C21H25FN6O2/c1-10-6-13(10)20(29)27-9-12(5-4-11(27)2)18-25-19-14-7-15(22)17(30-3)8-16(14)24-21(23)28(19)26-18/h7-8,10-13H,4-6,9H2,1-3H3,(H2,23,24)/t10-,11+,12-,13+/m1/s1. The van der Waals surface area contributed by atoms with Gasteiger partial charge < -0.3 is 15.4 Å². The molecule has 2 aliphatic rings. The van der Waals surface area contributed by atoms with E-state index >= 15 is 0 Å². The highest BCUT2D eigenvalue weighted by Crippen LogP contribution is 2.41. The second-order valence-corrected chi connectivity index (χ2v) is 8.61. The number of nitrogens with zero attached hydrogens (tertiary/aromatic N) is 5. The monoisotopic (exact) mass is 412 g/mol. The molecule has 4 atom stereocenters. The zero-order chi connectivity index (χ0) is 21.2. The summed E-state index contributed by atoms with van der Waals surface area (Å²) >= 11 is 0. The Bertz CT molecular complexity index is 1160. The number of halogens is 1. The zero-order valence-electron chi connectivity index (χ0n) is 17.3. The van der Waals surface area contributed by atoms with Crippen LogP contribution in [0.2, 0.25) is 0 Å². The first-order valence-electron chi connectivity index (χ1n) is 10.4. The lowest BCUT2D eigenvalue weighted by molar-refractivity contribution is -0.136. The van der Waals surface area contributed by atoms with Crippen molar-refractivity contribution in [2.75, 3.05) is 19.4 Å². The predicted octanol–water partition coefficient (Wildman–Crippen LogP) is 2.76. The maximum absolute atomic E-state index is 14.3. The van der Waals surface area contributed by atoms with E-state index in [1.807, 2.05) is 4.90 Å². The molecule has 1 saturated carbocycles. The molecule has 1 aliphatic carbocycles. The van der Waals surface area contributed by atoms with Crippen molar-refractivity contribution in [2.24, 2.45) is 11.8 Å². The van der Waals surface area contributed by atoms with Gasteiger partial charge in [0.2, 0.25) is 11.9 Å². The van der Waals surface area contributed by atoms with E-state index in [9.17, 15) is 9.18 Å². The van der Waals surface area contributed by atoms with Gasteiger partial charge in [-0.1, -0.05) is 6.92 Å². The average molecular weight is 412 g/mol. The molecule has 3 aromatic rings. The van der Waals surface area contributed by atoms with Crippen LogP contribution in [0.25, 0.3) is 16.6 Å². The van der Waals surface area contributed by atoms with Crippen LogP contribution in [0, 0.1) is 17.7 Å². The molecule has 30 heavy (non-hydrogen) atoms. The number of hydrogen-bond acceptors (Lipinski definition) is 6. The van der Waals surface area contributed by atoms with E-state index in [1.165, 1.54) is 23.8 Å². The van der Waals surface area contributed by atoms with E-state index in [0.717, 1.165) is 19.3 Å². The van der Waals surface area contributed by atoms with Gasteiger partial charge in [0.15, 0.2) is 23.0 Å². The third-order valence-electron chi connectivity index (χ3n) is 6.54. The number of hydrogen-bond donors (Lipinski definition) is 1. The fourth-order valence-corrected chi connectivity index (χ4v) is 4.48. The fraction of sp³-hybridized carbons (Fsp3) is 0.524. The molecule has 1 aliphatic heterocycles. The molecule has 158 valence electrons. The minimum absolute atomic E-state index is 0.0108. The van der Waals surface area contributed by atoms with Crippen molar-refractivity contribution in [2.45, 2.75) is 45.1 Å². The highest BCUT2D eigenvalue weighted by atomic mass is 19.1. The summed E-state index contributed by atoms with van der Waals surface area (Å²) in [6, 6.07) is 3.07. The lowest BCUT2D eigenvalue weighted by atomic mass is 9.92. The first-order valence-corrected chi connectivity index (χ1v) is 10.4. The summed E-state index contributed by atoms with van der Waals surface area (Å²) in [5.41, 5.74) is 7.06. The molecule has 0 bridgehead atoms. The number of nitrogens with two attached hydrogens (primary N) is 1. The number of carbonyl (C=O) groups excluding carboxylic acids is 1. The highest BCUT2D eigenvalue weighted by molar-refractivity contribution is 5.93. The highest BCUT2D eigenvalue weighted by Gasteiger charge is 2.44. The Balaban J connectivity index is 1.53. The van der Waals surface area contributed by atoms with E-state index in [2.05, 4.69) is 23.9 Å². The number of piperidine rings is 1. The van der Waals surface area contributed by atoms with Crippen molar-refractivity contribution in [1.82, 2.24) is 24.5 Å². The third kappa shape index (κ3) is 2.95. The molecule has 1 aromatic carbocycles. The Morgan fingerprint density at radius 1 is 1.27 bits per heavy atom. The van der Waals surface area contributed by atoms with Crippen LogP contribution in [-0.2, 0) is 4.79 Å². The first kappa shape index (κ1) is 19.0. The quantitative estimate of drug-likeness (QED) is 0.710. The predicted molar refractivity (Wildman–Crippen MR) is 110 cm³/mol. The van der Waals surface area contributed by atoms with Gasteiger partial charge in [-0.3, -0.25) is 4.79 Å². The molecule has 5 rings (SSSR count). The number of carbonyl (C=O) groups is 1. The van der Waals surface area contributed by atoms with Crippen LogP contribution in [-0.4, -0.2) is 50.1 Å². The van der Waals surface area contributed by atoms with Crippen LogP contribution in [0.1, 0.15) is 44.9 Å². The number of likely N-dealkylation sites (tertiary alicyclic amines) is 1. The molecule has 1 saturated heterocycles. The van der Waals surface area contributed by atoms with Crippen LogP contribution in [0.4, 0.5) is 10.3 Å². The minimum Gasteiger partial charge on any atom is -0.494 e. The molecule has 2 N–H and O–H groups in total. The second-order valence-electron chi connectivity index (χ2n) is 8.61. The van der Waals surface area contributed by atoms with E-state index in [0.29, 0.717) is 34.8 Å². The van der Waals surface area contributed by atoms with Crippen molar-refractivity contribution in [3.05, 3.63) is 23.8 Å². The minimum atomic E-state index is -0.496. The topological polar surface area (TPSA) is 98.6 Å². The SMILES string of the molecule is COc1cc2nc(N)n3nc([C@@H]4CC[C@H](C)N(C(=O)[C@H]5C[C@H]5C)C4)nc3c2cc1F. The van der Waals surface area contributed by atoms with Gasteiger partial charge in [0.05, 0.1) is 12.6 Å². The van der Waals surface area contributed by atoms with Gasteiger partial charge in [0, 0.05) is 35.9 Å². The average Bonchev–Trinajstić information content (AvgIpc) is 3.28. The summed E-state index contributed by atoms with van der Waals surface area (Å²) in [6.07, 6.45) is 2.76. The Labute approximate surface area is 173 Å². The third-order valence-corrected chi connectivity index (χ3v) is 6.54. The number of anilines is 1. The summed E-state index contributed by atoms with van der Waals surface area (Å²) in [6.45, 7) is 4.81. The van der Waals surface area contributed by atoms with Crippen LogP contribution < -0.4 is 10.5 Å². The maximum Gasteiger partial charge on any atom is 0.226 e. The van der Waals surface area contributed by atoms with Gasteiger partial charge in [-0.2, -0.15) is 4.52 Å². The summed E-state index contributed by atoms with van der Waals surface area (Å²) < 4.78 is 20.8. The first-order chi connectivity index (χ1) is 14.4. The molecular formula is C21H25FN6O2. The second kappa shape index (κ2) is 6.78. The maximum atomic E-state index is 14.3. The number of fused-ring (bicyclic) bond motifs is 3. The van der Waals surface area contributed by atoms with Gasteiger partial charge >= 0.3 is 0 Å². The summed E-state index contributed by atoms with van der Waals surface area (Å²) in [4.78, 5) is 23.9. The Kier molecular flexibility index (Phi) is 4.30. The van der Waals surface area contributed by atoms with E-state index in [1.54, 1.807) is 0 Å². The molecule has 0 spiro atoms. The van der Waals surface area contributed by atoms with Crippen LogP contribution in [0.3, 0.4) is 0 Å². The van der Waals surface area contributed by atoms with Crippen molar-refractivity contribution in [3.8, 4) is 5.75 Å². The van der Waals surface area contributed by atoms with Gasteiger partial charge in [-0.15, -0.1) is 5.10 Å². The van der Waals surface area contributed by atoms with Crippen molar-refractivity contribution >= 4 is 28.4 Å². The molecule has 2 fully saturated rings. The van der Waals surface area contributed by atoms with Crippen LogP contribution >= 0.6 is 0 Å². The molecule has 2 aromatic heterocycles. The molecule has 9 heteroatoms. The number of benzene rings is 1. The molecular weight excluding hydrogens is 387 g/mol. The Morgan fingerprint density at radius 2 is 2.03 bits per heavy atom. The lowest BCUT2D eigenvalue weighted by Gasteiger charge is -2.37. The molecule has 8 nitrogen and oxygen atoms in total. The van der Waals surface area contributed by atoms with E-state index < -0.39 is 5.82 Å². The largest absolute Gasteiger partial charge is 0.494 e. The number of nitrogen functional groups attached to an aromatic ring is 1. The lowest BCUT2D eigenvalue weighted by Crippen LogP contribution is -2.46. The molecule has 3 heterocycles. The summed E-state index contributed by atoms with van der Waals surface area (Å²) in [5.74, 6) is 1.27. The van der Waals surface area contributed by atoms with E-state index in [-0.39, 0.29) is 35.5 Å². The number of ether oxygens (including phenoxy) is 1. The zero-order valence-corrected chi connectivity index (χ0v) is 17.3. The van der Waals surface area contributed by atoms with Crippen molar-refractivity contribution < 1.29 is 13.9 Å². The normalized spacial score (nSPS) is 26.3. The number of amides is 1. The van der Waals surface area contributed by atoms with Gasteiger partial charge in [-0.25, -0.2) is 14.4 Å². The van der Waals surface area contributed by atoms with Gasteiger partial charge in [0.1, 0.15) is 0 Å². The van der Waals surface area contributed by atoms with Crippen LogP contribution in [0.5, 0.6) is 5.75 Å². The van der Waals surface area contributed by atoms with Gasteiger partial charge in [-0.05, 0) is 38.2 Å². The number of aromatic nitrogens is 4. The van der Waals surface area contributed by atoms with Crippen molar-refractivity contribution in [1.29, 1.82) is 0 Å². The summed E-state index contributed by atoms with van der Waals surface area (Å²) in [5, 5.41) is 5.10. The number of rotatable bonds is 3. The van der Waals surface area contributed by atoms with Gasteiger partial charge in [0.25, 0.3) is 0 Å². The van der Waals surface area contributed by atoms with Crippen molar-refractivity contribution in [3.63, 3.8) is 0 Å². The van der Waals surface area contributed by atoms with E-state index in [4.69, 9.17) is 15.5 Å². The molecule has 0 unspecified atom stereocenters. The Hall–Kier alpha value is -2.97. The summed E-state index contributed by atoms with van der Waals surface area (Å²) in [7, 11) is 1.40.